The van der Waals surface area contributed by atoms with E-state index < -0.39 is 11.4 Å². The number of fused-ring (bicyclic) bond motifs is 1. The maximum Gasteiger partial charge on any atom is 0.267 e. The Labute approximate surface area is 189 Å². The summed E-state index contributed by atoms with van der Waals surface area (Å²) in [5.74, 6) is -0.683. The molecule has 9 nitrogen and oxygen atoms in total. The third-order valence-corrected chi connectivity index (χ3v) is 6.07. The third-order valence-electron chi connectivity index (χ3n) is 6.07. The van der Waals surface area contributed by atoms with Crippen LogP contribution in [-0.2, 0) is 5.54 Å². The summed E-state index contributed by atoms with van der Waals surface area (Å²) in [5, 5.41) is 24.2. The zero-order chi connectivity index (χ0) is 23.0. The van der Waals surface area contributed by atoms with Crippen LogP contribution in [0.5, 0.6) is 0 Å². The predicted octanol–water partition coefficient (Wildman–Crippen LogP) is 3.20. The van der Waals surface area contributed by atoms with E-state index in [4.69, 9.17) is 15.8 Å². The maximum atomic E-state index is 11.6. The van der Waals surface area contributed by atoms with E-state index in [2.05, 4.69) is 22.1 Å². The lowest BCUT2D eigenvalue weighted by Gasteiger charge is -2.43. The van der Waals surface area contributed by atoms with E-state index in [0.717, 1.165) is 10.9 Å². The van der Waals surface area contributed by atoms with Crippen LogP contribution in [-0.4, -0.2) is 30.6 Å². The normalized spacial score (nSPS) is 19.4. The number of nitrogens with zero attached hydrogens (tertiary/aromatic N) is 7. The van der Waals surface area contributed by atoms with E-state index in [1.54, 1.807) is 23.0 Å². The van der Waals surface area contributed by atoms with Crippen LogP contribution in [0.2, 0.25) is 0 Å². The largest absolute Gasteiger partial charge is 0.364 e. The second-order valence-electron chi connectivity index (χ2n) is 8.16. The number of aromatic nitrogens is 5. The van der Waals surface area contributed by atoms with Crippen LogP contribution >= 0.6 is 0 Å². The van der Waals surface area contributed by atoms with E-state index in [1.165, 1.54) is 6.20 Å². The molecular weight excluding hydrogens is 416 g/mol. The van der Waals surface area contributed by atoms with Gasteiger partial charge in [-0.1, -0.05) is 0 Å². The average Bonchev–Trinajstić information content (AvgIpc) is 3.31. The number of nitrogens with two attached hydrogens (primary N) is 1. The Bertz CT molecular complexity index is 1470. The molecule has 0 saturated heterocycles. The molecule has 2 N–H and O–H groups in total. The van der Waals surface area contributed by atoms with Crippen LogP contribution in [0.3, 0.4) is 0 Å². The molecule has 1 saturated carbocycles. The second-order valence-corrected chi connectivity index (χ2v) is 8.16. The number of nitriles is 2. The fourth-order valence-electron chi connectivity index (χ4n) is 4.37. The standard InChI is InChI=1S/C24H18N8O/c25-6-5-24(12-15(13-24)14-26)32-9-4-18(31-32)22-17-2-1-7-28-20(17)11-19(30-22)16-3-8-29-21(10-16)23(27)33/h1-4,7-11,15H,5,12-13H2,(H2,27,33). The summed E-state index contributed by atoms with van der Waals surface area (Å²) in [4.78, 5) is 24.9. The Hall–Kier alpha value is -4.63. The predicted molar refractivity (Wildman–Crippen MR) is 119 cm³/mol. The van der Waals surface area contributed by atoms with Crippen LogP contribution in [0, 0.1) is 28.6 Å². The van der Waals surface area contributed by atoms with Gasteiger partial charge in [0.2, 0.25) is 0 Å². The van der Waals surface area contributed by atoms with Gasteiger partial charge < -0.3 is 5.73 Å². The summed E-state index contributed by atoms with van der Waals surface area (Å²) in [5.41, 5.74) is 8.35. The molecule has 5 rings (SSSR count). The highest BCUT2D eigenvalue weighted by Gasteiger charge is 2.46. The molecule has 0 aliphatic heterocycles. The van der Waals surface area contributed by atoms with Gasteiger partial charge in [0.15, 0.2) is 0 Å². The first-order valence-corrected chi connectivity index (χ1v) is 10.4. The van der Waals surface area contributed by atoms with E-state index in [9.17, 15) is 15.3 Å². The van der Waals surface area contributed by atoms with Crippen LogP contribution in [0.4, 0.5) is 0 Å². The minimum absolute atomic E-state index is 0.0661. The average molecular weight is 434 g/mol. The first kappa shape index (κ1) is 20.3. The summed E-state index contributed by atoms with van der Waals surface area (Å²) in [7, 11) is 0. The molecule has 4 heterocycles. The van der Waals surface area contributed by atoms with Gasteiger partial charge in [0.1, 0.15) is 17.1 Å². The van der Waals surface area contributed by atoms with Crippen LogP contribution < -0.4 is 5.73 Å². The molecule has 1 fully saturated rings. The summed E-state index contributed by atoms with van der Waals surface area (Å²) in [6, 6.07) is 15.3. The highest BCUT2D eigenvalue weighted by atomic mass is 16.1. The summed E-state index contributed by atoms with van der Waals surface area (Å²) in [6.45, 7) is 0. The van der Waals surface area contributed by atoms with Crippen LogP contribution in [0.1, 0.15) is 29.8 Å². The van der Waals surface area contributed by atoms with E-state index >= 15 is 0 Å². The van der Waals surface area contributed by atoms with Gasteiger partial charge in [0.25, 0.3) is 5.91 Å². The highest BCUT2D eigenvalue weighted by Crippen LogP contribution is 2.46. The molecule has 33 heavy (non-hydrogen) atoms. The first-order chi connectivity index (χ1) is 16.0. The summed E-state index contributed by atoms with van der Waals surface area (Å²) >= 11 is 0. The topological polar surface area (TPSA) is 147 Å². The number of carbonyl (C=O) groups excluding carboxylic acids is 1. The van der Waals surface area contributed by atoms with Crippen molar-refractivity contribution in [3.63, 3.8) is 0 Å². The number of amides is 1. The lowest BCUT2D eigenvalue weighted by Crippen LogP contribution is -2.46. The number of primary amides is 1. The van der Waals surface area contributed by atoms with Gasteiger partial charge >= 0.3 is 0 Å². The smallest absolute Gasteiger partial charge is 0.267 e. The van der Waals surface area contributed by atoms with E-state index in [0.29, 0.717) is 35.5 Å². The minimum Gasteiger partial charge on any atom is -0.364 e. The van der Waals surface area contributed by atoms with Crippen molar-refractivity contribution >= 4 is 16.8 Å². The Morgan fingerprint density at radius 2 is 2.00 bits per heavy atom. The molecule has 0 atom stereocenters. The van der Waals surface area contributed by atoms with Gasteiger partial charge in [0, 0.05) is 29.5 Å². The Morgan fingerprint density at radius 1 is 1.15 bits per heavy atom. The lowest BCUT2D eigenvalue weighted by molar-refractivity contribution is 0.0884. The molecule has 0 radical (unpaired) electrons. The second kappa shape index (κ2) is 7.81. The van der Waals surface area contributed by atoms with Crippen molar-refractivity contribution in [2.24, 2.45) is 11.7 Å². The van der Waals surface area contributed by atoms with Crippen LogP contribution in [0.25, 0.3) is 33.5 Å². The fourth-order valence-corrected chi connectivity index (χ4v) is 4.37. The van der Waals surface area contributed by atoms with Gasteiger partial charge in [-0.05, 0) is 49.2 Å². The number of carbonyl (C=O) groups is 1. The molecule has 160 valence electrons. The van der Waals surface area contributed by atoms with Gasteiger partial charge in [-0.3, -0.25) is 19.4 Å². The minimum atomic E-state index is -0.617. The SMILES string of the molecule is N#CCC1(n2ccc(-c3nc(-c4ccnc(C(N)=O)c4)cc4ncccc34)n2)CC(C#N)C1. The first-order valence-electron chi connectivity index (χ1n) is 10.4. The maximum absolute atomic E-state index is 11.6. The van der Waals surface area contributed by atoms with Crippen molar-refractivity contribution in [1.29, 1.82) is 10.5 Å². The lowest BCUT2D eigenvalue weighted by atomic mass is 9.67. The van der Waals surface area contributed by atoms with Crippen molar-refractivity contribution < 1.29 is 4.79 Å². The molecule has 0 aromatic carbocycles. The summed E-state index contributed by atoms with van der Waals surface area (Å²) in [6.07, 6.45) is 6.54. The molecule has 1 aliphatic rings. The zero-order valence-electron chi connectivity index (χ0n) is 17.5. The van der Waals surface area contributed by atoms with Gasteiger partial charge in [-0.25, -0.2) is 4.98 Å². The Balaban J connectivity index is 1.62. The quantitative estimate of drug-likeness (QED) is 0.507. The molecule has 0 bridgehead atoms. The molecule has 4 aromatic rings. The van der Waals surface area contributed by atoms with Crippen molar-refractivity contribution in [2.75, 3.05) is 0 Å². The van der Waals surface area contributed by atoms with Crippen molar-refractivity contribution in [3.8, 4) is 34.8 Å². The van der Waals surface area contributed by atoms with Crippen molar-refractivity contribution in [2.45, 2.75) is 24.8 Å². The van der Waals surface area contributed by atoms with Gasteiger partial charge in [-0.2, -0.15) is 15.6 Å². The number of rotatable bonds is 5. The monoisotopic (exact) mass is 434 g/mol. The van der Waals surface area contributed by atoms with Crippen LogP contribution in [0.15, 0.2) is 55.0 Å². The molecule has 9 heteroatoms. The van der Waals surface area contributed by atoms with E-state index in [-0.39, 0.29) is 18.0 Å². The number of hydrogen-bond acceptors (Lipinski definition) is 7. The van der Waals surface area contributed by atoms with Gasteiger partial charge in [0.05, 0.1) is 41.2 Å². The van der Waals surface area contributed by atoms with E-state index in [1.807, 2.05) is 30.5 Å². The summed E-state index contributed by atoms with van der Waals surface area (Å²) < 4.78 is 1.80. The molecule has 1 amide bonds. The zero-order valence-corrected chi connectivity index (χ0v) is 17.5. The Morgan fingerprint density at radius 3 is 2.76 bits per heavy atom. The molecule has 0 spiro atoms. The number of pyridine rings is 3. The third kappa shape index (κ3) is 3.46. The molecular formula is C24H18N8O. The highest BCUT2D eigenvalue weighted by molar-refractivity contribution is 5.95. The fraction of sp³-hybridized carbons (Fsp3) is 0.208. The Kier molecular flexibility index (Phi) is 4.80. The van der Waals surface area contributed by atoms with Crippen molar-refractivity contribution in [3.05, 3.63) is 60.7 Å². The van der Waals surface area contributed by atoms with Gasteiger partial charge in [-0.15, -0.1) is 0 Å². The number of hydrogen-bond donors (Lipinski definition) is 1. The molecule has 4 aromatic heterocycles. The van der Waals surface area contributed by atoms with Crippen molar-refractivity contribution in [1.82, 2.24) is 24.7 Å². The molecule has 1 aliphatic carbocycles. The molecule has 0 unspecified atom stereocenters.